The van der Waals surface area contributed by atoms with Crippen LogP contribution in [0.3, 0.4) is 0 Å². The van der Waals surface area contributed by atoms with Crippen LogP contribution in [0.5, 0.6) is 0 Å². The minimum atomic E-state index is -0.734. The Hall–Kier alpha value is -3.74. The zero-order chi connectivity index (χ0) is 19.7. The molecule has 1 heterocycles. The average molecular weight is 381 g/mol. The molecular formula is C21H14F3N3O. The van der Waals surface area contributed by atoms with Gasteiger partial charge in [-0.2, -0.15) is 0 Å². The van der Waals surface area contributed by atoms with E-state index < -0.39 is 17.7 Å². The molecule has 4 aromatic rings. The van der Waals surface area contributed by atoms with Crippen molar-refractivity contribution in [3.63, 3.8) is 0 Å². The number of H-pyrrole nitrogens is 1. The van der Waals surface area contributed by atoms with Crippen molar-refractivity contribution in [3.8, 4) is 11.3 Å². The molecule has 0 bridgehead atoms. The van der Waals surface area contributed by atoms with E-state index in [0.29, 0.717) is 5.69 Å². The Labute approximate surface area is 158 Å². The SMILES string of the molecule is O=C(Nc1ccc(-c2cc3cc(F)ccc3[nH]2)cc1)Nc1cc(F)ccc1F. The average Bonchev–Trinajstić information content (AvgIpc) is 3.08. The van der Waals surface area contributed by atoms with E-state index >= 15 is 0 Å². The maximum Gasteiger partial charge on any atom is 0.323 e. The number of aromatic nitrogens is 1. The number of amides is 2. The molecule has 4 rings (SSSR count). The predicted molar refractivity (Wildman–Crippen MR) is 103 cm³/mol. The van der Waals surface area contributed by atoms with Crippen LogP contribution in [0.1, 0.15) is 0 Å². The number of carbonyl (C=O) groups excluding carboxylic acids is 1. The first-order valence-corrected chi connectivity index (χ1v) is 8.40. The number of hydrogen-bond donors (Lipinski definition) is 3. The molecule has 0 saturated carbocycles. The lowest BCUT2D eigenvalue weighted by molar-refractivity contribution is 0.262. The lowest BCUT2D eigenvalue weighted by Gasteiger charge is -2.09. The zero-order valence-corrected chi connectivity index (χ0v) is 14.4. The van der Waals surface area contributed by atoms with Gasteiger partial charge in [0.1, 0.15) is 17.5 Å². The third-order valence-corrected chi connectivity index (χ3v) is 4.21. The van der Waals surface area contributed by atoms with E-state index in [4.69, 9.17) is 0 Å². The van der Waals surface area contributed by atoms with Gasteiger partial charge in [0, 0.05) is 28.4 Å². The van der Waals surface area contributed by atoms with Crippen LogP contribution in [0.2, 0.25) is 0 Å². The Morgan fingerprint density at radius 1 is 0.786 bits per heavy atom. The molecule has 0 saturated heterocycles. The summed E-state index contributed by atoms with van der Waals surface area (Å²) in [5.74, 6) is -1.69. The summed E-state index contributed by atoms with van der Waals surface area (Å²) in [7, 11) is 0. The molecule has 0 atom stereocenters. The highest BCUT2D eigenvalue weighted by atomic mass is 19.1. The highest BCUT2D eigenvalue weighted by Gasteiger charge is 2.09. The summed E-state index contributed by atoms with van der Waals surface area (Å²) in [5.41, 5.74) is 2.69. The van der Waals surface area contributed by atoms with Gasteiger partial charge in [-0.3, -0.25) is 0 Å². The molecule has 4 nitrogen and oxygen atoms in total. The highest BCUT2D eigenvalue weighted by Crippen LogP contribution is 2.26. The van der Waals surface area contributed by atoms with Crippen molar-refractivity contribution in [3.05, 3.63) is 84.2 Å². The summed E-state index contributed by atoms with van der Waals surface area (Å²) < 4.78 is 40.1. The molecule has 0 spiro atoms. The molecule has 3 aromatic carbocycles. The third-order valence-electron chi connectivity index (χ3n) is 4.21. The number of aromatic amines is 1. The number of urea groups is 1. The standard InChI is InChI=1S/C21H14F3N3O/c22-14-4-8-18-13(9-14)10-19(26-18)12-1-5-16(6-2-12)25-21(28)27-20-11-15(23)3-7-17(20)24/h1-11,26H,(H2,25,27,28). The van der Waals surface area contributed by atoms with Crippen molar-refractivity contribution in [2.24, 2.45) is 0 Å². The van der Waals surface area contributed by atoms with Gasteiger partial charge in [-0.25, -0.2) is 18.0 Å². The summed E-state index contributed by atoms with van der Waals surface area (Å²) in [6, 6.07) is 15.3. The molecule has 0 aliphatic carbocycles. The van der Waals surface area contributed by atoms with Crippen LogP contribution in [-0.4, -0.2) is 11.0 Å². The smallest absolute Gasteiger partial charge is 0.323 e. The van der Waals surface area contributed by atoms with E-state index in [0.717, 1.165) is 40.4 Å². The van der Waals surface area contributed by atoms with Gasteiger partial charge in [-0.15, -0.1) is 0 Å². The van der Waals surface area contributed by atoms with Crippen LogP contribution < -0.4 is 10.6 Å². The minimum Gasteiger partial charge on any atom is -0.355 e. The van der Waals surface area contributed by atoms with Crippen molar-refractivity contribution in [2.75, 3.05) is 10.6 Å². The van der Waals surface area contributed by atoms with Gasteiger partial charge in [-0.1, -0.05) is 12.1 Å². The van der Waals surface area contributed by atoms with Crippen molar-refractivity contribution >= 4 is 28.3 Å². The molecule has 1 aromatic heterocycles. The van der Waals surface area contributed by atoms with Gasteiger partial charge in [-0.05, 0) is 54.1 Å². The fraction of sp³-hybridized carbons (Fsp3) is 0. The second-order valence-electron chi connectivity index (χ2n) is 6.20. The number of anilines is 2. The van der Waals surface area contributed by atoms with Crippen LogP contribution in [0.15, 0.2) is 66.7 Å². The van der Waals surface area contributed by atoms with E-state index in [1.807, 2.05) is 6.07 Å². The molecule has 0 aliphatic rings. The number of halogens is 3. The summed E-state index contributed by atoms with van der Waals surface area (Å²) in [6.07, 6.45) is 0. The summed E-state index contributed by atoms with van der Waals surface area (Å²) in [5, 5.41) is 5.57. The Bertz CT molecular complexity index is 1170. The number of fused-ring (bicyclic) bond motifs is 1. The quantitative estimate of drug-likeness (QED) is 0.407. The van der Waals surface area contributed by atoms with E-state index in [1.54, 1.807) is 30.3 Å². The Morgan fingerprint density at radius 3 is 2.29 bits per heavy atom. The molecule has 7 heteroatoms. The molecule has 28 heavy (non-hydrogen) atoms. The largest absolute Gasteiger partial charge is 0.355 e. The normalized spacial score (nSPS) is 10.8. The molecule has 0 fully saturated rings. The molecule has 0 aliphatic heterocycles. The number of hydrogen-bond acceptors (Lipinski definition) is 1. The van der Waals surface area contributed by atoms with Crippen LogP contribution in [-0.2, 0) is 0 Å². The van der Waals surface area contributed by atoms with Gasteiger partial charge in [0.2, 0.25) is 0 Å². The monoisotopic (exact) mass is 381 g/mol. The Kier molecular flexibility index (Phi) is 4.49. The van der Waals surface area contributed by atoms with E-state index in [-0.39, 0.29) is 11.5 Å². The number of carbonyl (C=O) groups is 1. The number of nitrogens with one attached hydrogen (secondary N) is 3. The lowest BCUT2D eigenvalue weighted by atomic mass is 10.1. The molecular weight excluding hydrogens is 367 g/mol. The molecule has 140 valence electrons. The van der Waals surface area contributed by atoms with Gasteiger partial charge in [0.05, 0.1) is 5.69 Å². The van der Waals surface area contributed by atoms with Gasteiger partial charge in [0.15, 0.2) is 0 Å². The first-order chi connectivity index (χ1) is 13.5. The van der Waals surface area contributed by atoms with Crippen LogP contribution in [0.25, 0.3) is 22.2 Å². The maximum atomic E-state index is 13.6. The first-order valence-electron chi connectivity index (χ1n) is 8.40. The second-order valence-corrected chi connectivity index (χ2v) is 6.20. The van der Waals surface area contributed by atoms with Crippen molar-refractivity contribution in [1.82, 2.24) is 4.98 Å². The fourth-order valence-electron chi connectivity index (χ4n) is 2.87. The van der Waals surface area contributed by atoms with Crippen molar-refractivity contribution < 1.29 is 18.0 Å². The Balaban J connectivity index is 1.48. The van der Waals surface area contributed by atoms with E-state index in [2.05, 4.69) is 15.6 Å². The van der Waals surface area contributed by atoms with Gasteiger partial charge < -0.3 is 15.6 Å². The Morgan fingerprint density at radius 2 is 1.50 bits per heavy atom. The van der Waals surface area contributed by atoms with Crippen LogP contribution in [0.4, 0.5) is 29.3 Å². The van der Waals surface area contributed by atoms with Gasteiger partial charge in [0.25, 0.3) is 0 Å². The first kappa shape index (κ1) is 17.7. The maximum absolute atomic E-state index is 13.6. The zero-order valence-electron chi connectivity index (χ0n) is 14.4. The molecule has 0 unspecified atom stereocenters. The van der Waals surface area contributed by atoms with E-state index in [9.17, 15) is 18.0 Å². The van der Waals surface area contributed by atoms with Crippen molar-refractivity contribution in [2.45, 2.75) is 0 Å². The highest BCUT2D eigenvalue weighted by molar-refractivity contribution is 6.00. The fourth-order valence-corrected chi connectivity index (χ4v) is 2.87. The molecule has 3 N–H and O–H groups in total. The third kappa shape index (κ3) is 3.68. The summed E-state index contributed by atoms with van der Waals surface area (Å²) in [6.45, 7) is 0. The minimum absolute atomic E-state index is 0.251. The second kappa shape index (κ2) is 7.11. The molecule has 2 amide bonds. The van der Waals surface area contributed by atoms with Gasteiger partial charge >= 0.3 is 6.03 Å². The number of rotatable bonds is 3. The van der Waals surface area contributed by atoms with Crippen LogP contribution >= 0.6 is 0 Å². The van der Waals surface area contributed by atoms with Crippen LogP contribution in [0, 0.1) is 17.5 Å². The topological polar surface area (TPSA) is 56.9 Å². The molecule has 0 radical (unpaired) electrons. The summed E-state index contributed by atoms with van der Waals surface area (Å²) >= 11 is 0. The van der Waals surface area contributed by atoms with E-state index in [1.165, 1.54) is 12.1 Å². The van der Waals surface area contributed by atoms with Crippen molar-refractivity contribution in [1.29, 1.82) is 0 Å². The predicted octanol–water partition coefficient (Wildman–Crippen LogP) is 5.90. The lowest BCUT2D eigenvalue weighted by Crippen LogP contribution is -2.20. The number of benzene rings is 3. The summed E-state index contributed by atoms with van der Waals surface area (Å²) in [4.78, 5) is 15.2.